The van der Waals surface area contributed by atoms with Gasteiger partial charge < -0.3 is 21.1 Å². The Labute approximate surface area is 198 Å². The first kappa shape index (κ1) is 31.5. The van der Waals surface area contributed by atoms with Crippen molar-refractivity contribution in [3.05, 3.63) is 0 Å². The molecule has 5 nitrogen and oxygen atoms in total. The monoisotopic (exact) mass is 457 g/mol. The predicted octanol–water partition coefficient (Wildman–Crippen LogP) is 6.01. The lowest BCUT2D eigenvalue weighted by molar-refractivity contribution is -0.140. The first-order valence-electron chi connectivity index (χ1n) is 13.8. The fraction of sp³-hybridized carbons (Fsp3) is 0.963. The minimum Gasteiger partial charge on any atom is -0.392 e. The lowest BCUT2D eigenvalue weighted by atomic mass is 9.87. The summed E-state index contributed by atoms with van der Waals surface area (Å²) in [4.78, 5) is 12.5. The maximum Gasteiger partial charge on any atom is 0.170 e. The molecule has 0 aliphatic rings. The minimum absolute atomic E-state index is 0.372. The average Bonchev–Trinajstić information content (AvgIpc) is 2.76. The van der Waals surface area contributed by atoms with Gasteiger partial charge >= 0.3 is 0 Å². The van der Waals surface area contributed by atoms with Crippen molar-refractivity contribution in [2.24, 2.45) is 11.7 Å². The molecular weight excluding hydrogens is 402 g/mol. The van der Waals surface area contributed by atoms with Gasteiger partial charge in [0.05, 0.1) is 12.0 Å². The van der Waals surface area contributed by atoms with Gasteiger partial charge in [-0.3, -0.25) is 4.79 Å². The molecule has 0 bridgehead atoms. The van der Waals surface area contributed by atoms with Crippen molar-refractivity contribution in [3.8, 4) is 0 Å². The summed E-state index contributed by atoms with van der Waals surface area (Å²) in [5.74, 6) is -1.62. The van der Waals surface area contributed by atoms with Gasteiger partial charge in [0.2, 0.25) is 0 Å². The van der Waals surface area contributed by atoms with Crippen LogP contribution in [0.4, 0.5) is 0 Å². The standard InChI is InChI=1S/C27H55NO4/c1-3-5-7-9-10-11-12-13-14-15-16-18-19-21-23(29)25(27(28)32)26(31)24(30)22-20-17-8-6-4-2/h23-25,27,29-30,32H,3-22,28H2,1-2H3/t23-,24?,25-,27?/m1/s1. The molecule has 0 aromatic rings. The van der Waals surface area contributed by atoms with E-state index in [9.17, 15) is 20.1 Å². The average molecular weight is 458 g/mol. The maximum absolute atomic E-state index is 12.5. The zero-order chi connectivity index (χ0) is 24.0. The Bertz CT molecular complexity index is 416. The van der Waals surface area contributed by atoms with E-state index in [0.717, 1.165) is 51.4 Å². The van der Waals surface area contributed by atoms with Crippen LogP contribution in [-0.4, -0.2) is 39.5 Å². The third kappa shape index (κ3) is 17.0. The molecule has 192 valence electrons. The summed E-state index contributed by atoms with van der Waals surface area (Å²) in [6.45, 7) is 4.39. The Morgan fingerprint density at radius 2 is 0.938 bits per heavy atom. The summed E-state index contributed by atoms with van der Waals surface area (Å²) in [7, 11) is 0. The predicted molar refractivity (Wildman–Crippen MR) is 134 cm³/mol. The minimum atomic E-state index is -1.44. The van der Waals surface area contributed by atoms with Crippen molar-refractivity contribution in [2.45, 2.75) is 161 Å². The zero-order valence-corrected chi connectivity index (χ0v) is 21.3. The topological polar surface area (TPSA) is 104 Å². The molecule has 5 N–H and O–H groups in total. The summed E-state index contributed by atoms with van der Waals surface area (Å²) in [6, 6.07) is 0. The van der Waals surface area contributed by atoms with Crippen molar-refractivity contribution < 1.29 is 20.1 Å². The van der Waals surface area contributed by atoms with E-state index in [4.69, 9.17) is 5.73 Å². The number of hydrogen-bond acceptors (Lipinski definition) is 5. The second-order valence-corrected chi connectivity index (χ2v) is 9.74. The van der Waals surface area contributed by atoms with Crippen LogP contribution in [0.5, 0.6) is 0 Å². The Balaban J connectivity index is 3.89. The Kier molecular flexibility index (Phi) is 22.0. The number of aliphatic hydroxyl groups excluding tert-OH is 3. The quantitative estimate of drug-likeness (QED) is 0.105. The number of carbonyl (C=O) groups excluding carboxylic acids is 1. The molecule has 0 aliphatic carbocycles. The van der Waals surface area contributed by atoms with Crippen LogP contribution < -0.4 is 5.73 Å². The van der Waals surface area contributed by atoms with Gasteiger partial charge in [0.1, 0.15) is 12.3 Å². The third-order valence-corrected chi connectivity index (χ3v) is 6.62. The molecule has 0 spiro atoms. The van der Waals surface area contributed by atoms with E-state index in [1.807, 2.05) is 0 Å². The molecule has 0 saturated carbocycles. The number of carbonyl (C=O) groups is 1. The van der Waals surface area contributed by atoms with E-state index < -0.39 is 30.1 Å². The van der Waals surface area contributed by atoms with Crippen LogP contribution in [0.1, 0.15) is 142 Å². The molecule has 0 aromatic carbocycles. The van der Waals surface area contributed by atoms with Gasteiger partial charge in [-0.25, -0.2) is 0 Å². The number of nitrogens with two attached hydrogens (primary N) is 1. The van der Waals surface area contributed by atoms with E-state index in [2.05, 4.69) is 13.8 Å². The fourth-order valence-electron chi connectivity index (χ4n) is 4.44. The molecule has 32 heavy (non-hydrogen) atoms. The number of aliphatic hydroxyl groups is 3. The zero-order valence-electron chi connectivity index (χ0n) is 21.3. The summed E-state index contributed by atoms with van der Waals surface area (Å²) in [5, 5.41) is 30.5. The van der Waals surface area contributed by atoms with Crippen molar-refractivity contribution in [2.75, 3.05) is 0 Å². The Morgan fingerprint density at radius 1 is 0.594 bits per heavy atom. The van der Waals surface area contributed by atoms with Gasteiger partial charge in [0.25, 0.3) is 0 Å². The van der Waals surface area contributed by atoms with Gasteiger partial charge in [0.15, 0.2) is 5.78 Å². The second-order valence-electron chi connectivity index (χ2n) is 9.74. The summed E-state index contributed by atoms with van der Waals surface area (Å²) in [6.07, 6.45) is 18.6. The first-order valence-corrected chi connectivity index (χ1v) is 13.8. The molecule has 0 rings (SSSR count). The van der Waals surface area contributed by atoms with Crippen molar-refractivity contribution in [1.82, 2.24) is 0 Å². The number of rotatable bonds is 24. The molecular formula is C27H55NO4. The molecule has 0 saturated heterocycles. The van der Waals surface area contributed by atoms with Crippen molar-refractivity contribution >= 4 is 5.78 Å². The maximum atomic E-state index is 12.5. The van der Waals surface area contributed by atoms with Gasteiger partial charge in [-0.15, -0.1) is 0 Å². The summed E-state index contributed by atoms with van der Waals surface area (Å²) >= 11 is 0. The van der Waals surface area contributed by atoms with Crippen LogP contribution in [0.15, 0.2) is 0 Å². The van der Waals surface area contributed by atoms with Crippen LogP contribution in [0.2, 0.25) is 0 Å². The highest BCUT2D eigenvalue weighted by molar-refractivity contribution is 5.86. The summed E-state index contributed by atoms with van der Waals surface area (Å²) in [5.41, 5.74) is 5.58. The molecule has 0 aromatic heterocycles. The van der Waals surface area contributed by atoms with E-state index in [0.29, 0.717) is 12.8 Å². The van der Waals surface area contributed by atoms with Crippen molar-refractivity contribution in [3.63, 3.8) is 0 Å². The van der Waals surface area contributed by atoms with Gasteiger partial charge in [0, 0.05) is 0 Å². The van der Waals surface area contributed by atoms with E-state index in [-0.39, 0.29) is 0 Å². The Morgan fingerprint density at radius 3 is 1.31 bits per heavy atom. The van der Waals surface area contributed by atoms with Crippen LogP contribution in [0.3, 0.4) is 0 Å². The van der Waals surface area contributed by atoms with Crippen LogP contribution in [-0.2, 0) is 4.79 Å². The lowest BCUT2D eigenvalue weighted by Gasteiger charge is -2.26. The molecule has 0 heterocycles. The molecule has 4 atom stereocenters. The number of Topliss-reactive ketones (excluding diaryl/α,β-unsaturated/α-hetero) is 1. The fourth-order valence-corrected chi connectivity index (χ4v) is 4.44. The highest BCUT2D eigenvalue weighted by Gasteiger charge is 2.34. The second kappa shape index (κ2) is 22.3. The van der Waals surface area contributed by atoms with E-state index in [1.165, 1.54) is 64.2 Å². The number of ketones is 1. The normalized spacial score (nSPS) is 15.4. The number of hydrogen-bond donors (Lipinski definition) is 4. The summed E-state index contributed by atoms with van der Waals surface area (Å²) < 4.78 is 0. The highest BCUT2D eigenvalue weighted by atomic mass is 16.3. The molecule has 0 radical (unpaired) electrons. The van der Waals surface area contributed by atoms with Gasteiger partial charge in [-0.1, -0.05) is 129 Å². The molecule has 0 fully saturated rings. The molecule has 0 amide bonds. The first-order chi connectivity index (χ1) is 15.5. The third-order valence-electron chi connectivity index (χ3n) is 6.62. The van der Waals surface area contributed by atoms with E-state index in [1.54, 1.807) is 0 Å². The smallest absolute Gasteiger partial charge is 0.170 e. The lowest BCUT2D eigenvalue weighted by Crippen LogP contribution is -2.47. The Hall–Kier alpha value is -0.490. The number of unbranched alkanes of at least 4 members (excludes halogenated alkanes) is 16. The van der Waals surface area contributed by atoms with Crippen LogP contribution in [0, 0.1) is 5.92 Å². The van der Waals surface area contributed by atoms with Gasteiger partial charge in [-0.2, -0.15) is 0 Å². The molecule has 0 aliphatic heterocycles. The highest BCUT2D eigenvalue weighted by Crippen LogP contribution is 2.20. The van der Waals surface area contributed by atoms with Crippen LogP contribution >= 0.6 is 0 Å². The molecule has 5 heteroatoms. The van der Waals surface area contributed by atoms with Crippen LogP contribution in [0.25, 0.3) is 0 Å². The van der Waals surface area contributed by atoms with E-state index >= 15 is 0 Å². The van der Waals surface area contributed by atoms with Gasteiger partial charge in [-0.05, 0) is 12.8 Å². The molecule has 2 unspecified atom stereocenters. The largest absolute Gasteiger partial charge is 0.392 e. The SMILES string of the molecule is CCCCCCCCCCCCCCC[C@@H](O)[C@H](C(=O)C(O)CCCCCCC)C(N)O. The van der Waals surface area contributed by atoms with Crippen molar-refractivity contribution in [1.29, 1.82) is 0 Å².